The third-order valence-electron chi connectivity index (χ3n) is 3.07. The van der Waals surface area contributed by atoms with Gasteiger partial charge in [-0.05, 0) is 26.8 Å². The van der Waals surface area contributed by atoms with Gasteiger partial charge in [0.25, 0.3) is 5.88 Å². The lowest BCUT2D eigenvalue weighted by Gasteiger charge is -2.24. The highest BCUT2D eigenvalue weighted by molar-refractivity contribution is 5.68. The van der Waals surface area contributed by atoms with Gasteiger partial charge < -0.3 is 19.1 Å². The molecule has 0 aliphatic carbocycles. The van der Waals surface area contributed by atoms with Gasteiger partial charge in [0.15, 0.2) is 5.82 Å². The van der Waals surface area contributed by atoms with Crippen LogP contribution in [-0.2, 0) is 4.74 Å². The fourth-order valence-corrected chi connectivity index (χ4v) is 2.10. The molecule has 1 atom stereocenters. The van der Waals surface area contributed by atoms with Gasteiger partial charge in [0.1, 0.15) is 11.7 Å². The summed E-state index contributed by atoms with van der Waals surface area (Å²) in [6.07, 6.45) is 0.110. The quantitative estimate of drug-likeness (QED) is 0.858. The fraction of sp³-hybridized carbons (Fsp3) is 0.600. The van der Waals surface area contributed by atoms with Crippen molar-refractivity contribution < 1.29 is 23.4 Å². The Bertz CT molecular complexity index is 545. The summed E-state index contributed by atoms with van der Waals surface area (Å²) in [5.41, 5.74) is -0.526. The number of methoxy groups -OCH3 is 1. The minimum absolute atomic E-state index is 0.112. The topological polar surface area (TPSA) is 60.9 Å². The Labute approximate surface area is 129 Å². The van der Waals surface area contributed by atoms with Crippen LogP contribution in [-0.4, -0.2) is 47.9 Å². The summed E-state index contributed by atoms with van der Waals surface area (Å²) in [5, 5.41) is 0. The number of pyridine rings is 1. The van der Waals surface area contributed by atoms with E-state index < -0.39 is 11.4 Å². The molecule has 1 aromatic heterocycles. The molecule has 0 spiro atoms. The Kier molecular flexibility index (Phi) is 4.73. The summed E-state index contributed by atoms with van der Waals surface area (Å²) in [6.45, 7) is 6.44. The standard InChI is InChI=1S/C15H21FN2O4/c1-15(2,3)22-14(19)18-8-7-10(9-18)21-12-6-5-11(16)13(17-12)20-4/h5-6,10H,7-9H2,1-4H3/t10-/m0/s1. The van der Waals surface area contributed by atoms with Gasteiger partial charge in [0.05, 0.1) is 13.7 Å². The zero-order chi connectivity index (χ0) is 16.3. The molecular weight excluding hydrogens is 291 g/mol. The second-order valence-corrected chi connectivity index (χ2v) is 6.10. The van der Waals surface area contributed by atoms with Crippen molar-refractivity contribution in [3.63, 3.8) is 0 Å². The third kappa shape index (κ3) is 4.22. The first-order valence-corrected chi connectivity index (χ1v) is 7.13. The molecule has 1 fully saturated rings. The molecule has 0 aromatic carbocycles. The van der Waals surface area contributed by atoms with Crippen molar-refractivity contribution in [3.05, 3.63) is 17.9 Å². The molecule has 6 nitrogen and oxygen atoms in total. The molecule has 0 radical (unpaired) electrons. The highest BCUT2D eigenvalue weighted by Gasteiger charge is 2.31. The van der Waals surface area contributed by atoms with Crippen molar-refractivity contribution in [3.8, 4) is 11.8 Å². The highest BCUT2D eigenvalue weighted by atomic mass is 19.1. The number of halogens is 1. The van der Waals surface area contributed by atoms with Crippen LogP contribution >= 0.6 is 0 Å². The van der Waals surface area contributed by atoms with E-state index in [1.165, 1.54) is 19.2 Å². The van der Waals surface area contributed by atoms with Crippen molar-refractivity contribution in [1.82, 2.24) is 9.88 Å². The highest BCUT2D eigenvalue weighted by Crippen LogP contribution is 2.22. The fourth-order valence-electron chi connectivity index (χ4n) is 2.10. The lowest BCUT2D eigenvalue weighted by atomic mass is 10.2. The van der Waals surface area contributed by atoms with E-state index in [4.69, 9.17) is 14.2 Å². The number of carbonyl (C=O) groups is 1. The minimum Gasteiger partial charge on any atom is -0.479 e. The van der Waals surface area contributed by atoms with Gasteiger partial charge in [-0.2, -0.15) is 4.98 Å². The Hall–Kier alpha value is -2.05. The number of carbonyl (C=O) groups excluding carboxylic acids is 1. The van der Waals surface area contributed by atoms with Crippen LogP contribution in [0.2, 0.25) is 0 Å². The minimum atomic E-state index is -0.545. The molecule has 1 aliphatic heterocycles. The van der Waals surface area contributed by atoms with Crippen LogP contribution in [0.1, 0.15) is 27.2 Å². The van der Waals surface area contributed by atoms with Gasteiger partial charge >= 0.3 is 6.09 Å². The molecule has 0 bridgehead atoms. The lowest BCUT2D eigenvalue weighted by Crippen LogP contribution is -2.36. The SMILES string of the molecule is COc1nc(O[C@H]2CCN(C(=O)OC(C)(C)C)C2)ccc1F. The molecule has 0 unspecified atom stereocenters. The Balaban J connectivity index is 1.92. The van der Waals surface area contributed by atoms with Gasteiger partial charge in [0, 0.05) is 19.0 Å². The zero-order valence-corrected chi connectivity index (χ0v) is 13.3. The van der Waals surface area contributed by atoms with Gasteiger partial charge in [-0.1, -0.05) is 0 Å². The lowest BCUT2D eigenvalue weighted by molar-refractivity contribution is 0.0274. The van der Waals surface area contributed by atoms with Gasteiger partial charge in [-0.15, -0.1) is 0 Å². The summed E-state index contributed by atoms with van der Waals surface area (Å²) in [7, 11) is 1.34. The molecule has 1 saturated heterocycles. The van der Waals surface area contributed by atoms with Crippen LogP contribution in [0.5, 0.6) is 11.8 Å². The smallest absolute Gasteiger partial charge is 0.410 e. The molecular formula is C15H21FN2O4. The summed E-state index contributed by atoms with van der Waals surface area (Å²) < 4.78 is 29.1. The van der Waals surface area contributed by atoms with Crippen LogP contribution in [0.25, 0.3) is 0 Å². The molecule has 1 amide bonds. The first-order valence-electron chi connectivity index (χ1n) is 7.13. The summed E-state index contributed by atoms with van der Waals surface area (Å²) in [6, 6.07) is 2.68. The maximum Gasteiger partial charge on any atom is 0.410 e. The summed E-state index contributed by atoms with van der Waals surface area (Å²) >= 11 is 0. The van der Waals surface area contributed by atoms with E-state index in [0.29, 0.717) is 19.5 Å². The average molecular weight is 312 g/mol. The number of aromatic nitrogens is 1. The number of nitrogens with zero attached hydrogens (tertiary/aromatic N) is 2. The molecule has 2 rings (SSSR count). The monoisotopic (exact) mass is 312 g/mol. The predicted octanol–water partition coefficient (Wildman–Crippen LogP) is 2.62. The molecule has 1 aromatic rings. The first kappa shape index (κ1) is 16.3. The van der Waals surface area contributed by atoms with E-state index in [0.717, 1.165) is 0 Å². The van der Waals surface area contributed by atoms with Crippen molar-refractivity contribution >= 4 is 6.09 Å². The largest absolute Gasteiger partial charge is 0.479 e. The number of ether oxygens (including phenoxy) is 3. The second kappa shape index (κ2) is 6.37. The molecule has 1 aliphatic rings. The van der Waals surface area contributed by atoms with E-state index in [-0.39, 0.29) is 24.0 Å². The van der Waals surface area contributed by atoms with Crippen LogP contribution in [0.3, 0.4) is 0 Å². The third-order valence-corrected chi connectivity index (χ3v) is 3.07. The van der Waals surface area contributed by atoms with E-state index in [1.807, 2.05) is 20.8 Å². The van der Waals surface area contributed by atoms with Crippen molar-refractivity contribution in [2.75, 3.05) is 20.2 Å². The normalized spacial score (nSPS) is 18.2. The van der Waals surface area contributed by atoms with Crippen LogP contribution in [0.15, 0.2) is 12.1 Å². The van der Waals surface area contributed by atoms with Gasteiger partial charge in [-0.3, -0.25) is 0 Å². The molecule has 2 heterocycles. The molecule has 0 saturated carbocycles. The molecule has 122 valence electrons. The van der Waals surface area contributed by atoms with E-state index in [1.54, 1.807) is 4.90 Å². The maximum absolute atomic E-state index is 13.3. The van der Waals surface area contributed by atoms with Gasteiger partial charge in [0.2, 0.25) is 5.88 Å². The van der Waals surface area contributed by atoms with E-state index in [2.05, 4.69) is 4.98 Å². The van der Waals surface area contributed by atoms with Gasteiger partial charge in [-0.25, -0.2) is 9.18 Å². The molecule has 7 heteroatoms. The Morgan fingerprint density at radius 3 is 2.77 bits per heavy atom. The summed E-state index contributed by atoms with van der Waals surface area (Å²) in [5.74, 6) is -0.384. The van der Waals surface area contributed by atoms with E-state index >= 15 is 0 Å². The molecule has 22 heavy (non-hydrogen) atoms. The van der Waals surface area contributed by atoms with Crippen LogP contribution < -0.4 is 9.47 Å². The summed E-state index contributed by atoms with van der Waals surface area (Å²) in [4.78, 5) is 17.5. The number of hydrogen-bond donors (Lipinski definition) is 0. The Morgan fingerprint density at radius 2 is 2.14 bits per heavy atom. The van der Waals surface area contributed by atoms with E-state index in [9.17, 15) is 9.18 Å². The van der Waals surface area contributed by atoms with Crippen LogP contribution in [0, 0.1) is 5.82 Å². The Morgan fingerprint density at radius 1 is 1.41 bits per heavy atom. The number of amides is 1. The number of likely N-dealkylation sites (tertiary alicyclic amines) is 1. The van der Waals surface area contributed by atoms with Crippen molar-refractivity contribution in [1.29, 1.82) is 0 Å². The molecule has 0 N–H and O–H groups in total. The average Bonchev–Trinajstić information content (AvgIpc) is 2.87. The number of rotatable bonds is 3. The predicted molar refractivity (Wildman–Crippen MR) is 77.6 cm³/mol. The second-order valence-electron chi connectivity index (χ2n) is 6.10. The van der Waals surface area contributed by atoms with Crippen LogP contribution in [0.4, 0.5) is 9.18 Å². The first-order chi connectivity index (χ1) is 10.3. The van der Waals surface area contributed by atoms with Crippen molar-refractivity contribution in [2.45, 2.75) is 38.9 Å². The van der Waals surface area contributed by atoms with Crippen molar-refractivity contribution in [2.24, 2.45) is 0 Å². The maximum atomic E-state index is 13.3. The number of hydrogen-bond acceptors (Lipinski definition) is 5. The zero-order valence-electron chi connectivity index (χ0n) is 13.3.